The summed E-state index contributed by atoms with van der Waals surface area (Å²) >= 11 is 3.42. The lowest BCUT2D eigenvalue weighted by Crippen LogP contribution is -2.18. The maximum absolute atomic E-state index is 10.2. The van der Waals surface area contributed by atoms with Crippen LogP contribution in [0.3, 0.4) is 0 Å². The molecule has 2 atom stereocenters. The lowest BCUT2D eigenvalue weighted by atomic mass is 9.95. The van der Waals surface area contributed by atoms with Gasteiger partial charge in [0, 0.05) is 16.5 Å². The highest BCUT2D eigenvalue weighted by Crippen LogP contribution is 2.40. The van der Waals surface area contributed by atoms with E-state index in [9.17, 15) is 5.11 Å². The van der Waals surface area contributed by atoms with Crippen LogP contribution in [0.4, 0.5) is 0 Å². The third-order valence-electron chi connectivity index (χ3n) is 3.23. The molecule has 0 bridgehead atoms. The Morgan fingerprint density at radius 1 is 1.06 bits per heavy atom. The number of aliphatic hydroxyl groups is 1. The summed E-state index contributed by atoms with van der Waals surface area (Å²) in [5, 5.41) is 10.2. The highest BCUT2D eigenvalue weighted by Gasteiger charge is 2.27. The molecule has 0 aromatic heterocycles. The summed E-state index contributed by atoms with van der Waals surface area (Å²) in [4.78, 5) is 0. The van der Waals surface area contributed by atoms with Crippen molar-refractivity contribution in [2.75, 3.05) is 0 Å². The standard InChI is InChI=1S/C15H13BrO2/c16-11-7-5-10(6-8-11)15-9-13(17)12-3-1-2-4-14(12)18-15/h1-8,13,15,17H,9H2/t13-,15-/m1/s1. The van der Waals surface area contributed by atoms with E-state index in [4.69, 9.17) is 4.74 Å². The number of para-hydroxylation sites is 1. The van der Waals surface area contributed by atoms with Gasteiger partial charge in [-0.2, -0.15) is 0 Å². The van der Waals surface area contributed by atoms with E-state index in [-0.39, 0.29) is 6.10 Å². The molecule has 0 saturated carbocycles. The summed E-state index contributed by atoms with van der Waals surface area (Å²) in [6.45, 7) is 0. The van der Waals surface area contributed by atoms with Gasteiger partial charge in [-0.1, -0.05) is 46.3 Å². The zero-order valence-corrected chi connectivity index (χ0v) is 11.3. The molecule has 0 fully saturated rings. The molecule has 1 aliphatic rings. The van der Waals surface area contributed by atoms with E-state index in [1.54, 1.807) is 0 Å². The summed E-state index contributed by atoms with van der Waals surface area (Å²) in [7, 11) is 0. The van der Waals surface area contributed by atoms with Gasteiger partial charge in [0.25, 0.3) is 0 Å². The van der Waals surface area contributed by atoms with Crippen molar-refractivity contribution in [2.45, 2.75) is 18.6 Å². The minimum atomic E-state index is -0.455. The Morgan fingerprint density at radius 3 is 2.56 bits per heavy atom. The van der Waals surface area contributed by atoms with Crippen molar-refractivity contribution in [2.24, 2.45) is 0 Å². The number of ether oxygens (including phenoxy) is 1. The van der Waals surface area contributed by atoms with Crippen LogP contribution in [0.5, 0.6) is 5.75 Å². The van der Waals surface area contributed by atoms with Gasteiger partial charge in [-0.05, 0) is 23.8 Å². The molecule has 92 valence electrons. The quantitative estimate of drug-likeness (QED) is 0.862. The first-order chi connectivity index (χ1) is 8.74. The first-order valence-electron chi connectivity index (χ1n) is 5.93. The second-order valence-electron chi connectivity index (χ2n) is 4.45. The van der Waals surface area contributed by atoms with E-state index >= 15 is 0 Å². The van der Waals surface area contributed by atoms with Gasteiger partial charge in [-0.25, -0.2) is 0 Å². The van der Waals surface area contributed by atoms with Gasteiger partial charge in [-0.15, -0.1) is 0 Å². The van der Waals surface area contributed by atoms with E-state index in [1.807, 2.05) is 48.5 Å². The fourth-order valence-corrected chi connectivity index (χ4v) is 2.54. The topological polar surface area (TPSA) is 29.5 Å². The van der Waals surface area contributed by atoms with E-state index in [2.05, 4.69) is 15.9 Å². The highest BCUT2D eigenvalue weighted by atomic mass is 79.9. The van der Waals surface area contributed by atoms with Crippen molar-refractivity contribution in [1.29, 1.82) is 0 Å². The lowest BCUT2D eigenvalue weighted by molar-refractivity contribution is 0.0657. The van der Waals surface area contributed by atoms with Crippen molar-refractivity contribution in [1.82, 2.24) is 0 Å². The molecule has 3 rings (SSSR count). The molecule has 0 unspecified atom stereocenters. The predicted molar refractivity (Wildman–Crippen MR) is 73.5 cm³/mol. The highest BCUT2D eigenvalue weighted by molar-refractivity contribution is 9.10. The van der Waals surface area contributed by atoms with Crippen LogP contribution in [0.2, 0.25) is 0 Å². The van der Waals surface area contributed by atoms with Gasteiger partial charge < -0.3 is 9.84 Å². The second kappa shape index (κ2) is 4.75. The van der Waals surface area contributed by atoms with E-state index in [0.717, 1.165) is 21.3 Å². The first kappa shape index (κ1) is 11.8. The molecular formula is C15H13BrO2. The van der Waals surface area contributed by atoms with Crippen molar-refractivity contribution in [3.05, 3.63) is 64.1 Å². The Hall–Kier alpha value is -1.32. The summed E-state index contributed by atoms with van der Waals surface area (Å²) < 4.78 is 7.00. The third kappa shape index (κ3) is 2.16. The molecule has 2 nitrogen and oxygen atoms in total. The minimum absolute atomic E-state index is 0.0806. The van der Waals surface area contributed by atoms with Crippen molar-refractivity contribution in [3.63, 3.8) is 0 Å². The molecule has 0 radical (unpaired) electrons. The fourth-order valence-electron chi connectivity index (χ4n) is 2.28. The van der Waals surface area contributed by atoms with Crippen LogP contribution in [0.15, 0.2) is 53.0 Å². The van der Waals surface area contributed by atoms with E-state index in [1.165, 1.54) is 0 Å². The average molecular weight is 305 g/mol. The van der Waals surface area contributed by atoms with Gasteiger partial charge in [0.1, 0.15) is 11.9 Å². The molecule has 18 heavy (non-hydrogen) atoms. The molecule has 1 N–H and O–H groups in total. The van der Waals surface area contributed by atoms with Crippen molar-refractivity contribution >= 4 is 15.9 Å². The first-order valence-corrected chi connectivity index (χ1v) is 6.72. The third-order valence-corrected chi connectivity index (χ3v) is 3.76. The number of aliphatic hydroxyl groups excluding tert-OH is 1. The largest absolute Gasteiger partial charge is 0.485 e. The Morgan fingerprint density at radius 2 is 1.78 bits per heavy atom. The fraction of sp³-hybridized carbons (Fsp3) is 0.200. The number of benzene rings is 2. The number of halogens is 1. The SMILES string of the molecule is O[C@@H]1C[C@H](c2ccc(Br)cc2)Oc2ccccc21. The lowest BCUT2D eigenvalue weighted by Gasteiger charge is -2.29. The Labute approximate surface area is 114 Å². The van der Waals surface area contributed by atoms with Crippen LogP contribution in [0, 0.1) is 0 Å². The summed E-state index contributed by atoms with van der Waals surface area (Å²) in [6.07, 6.45) is 0.0603. The molecule has 1 heterocycles. The molecule has 0 spiro atoms. The van der Waals surface area contributed by atoms with E-state index in [0.29, 0.717) is 6.42 Å². The maximum atomic E-state index is 10.2. The Kier molecular flexibility index (Phi) is 3.10. The molecule has 0 amide bonds. The van der Waals surface area contributed by atoms with E-state index < -0.39 is 6.10 Å². The molecule has 0 saturated heterocycles. The minimum Gasteiger partial charge on any atom is -0.485 e. The maximum Gasteiger partial charge on any atom is 0.127 e. The number of hydrogen-bond acceptors (Lipinski definition) is 2. The molecule has 3 heteroatoms. The van der Waals surface area contributed by atoms with Gasteiger partial charge in [0.15, 0.2) is 0 Å². The summed E-state index contributed by atoms with van der Waals surface area (Å²) in [5.41, 5.74) is 1.97. The van der Waals surface area contributed by atoms with Crippen LogP contribution in [0.25, 0.3) is 0 Å². The van der Waals surface area contributed by atoms with Crippen molar-refractivity contribution < 1.29 is 9.84 Å². The Bertz CT molecular complexity index is 551. The van der Waals surface area contributed by atoms with Crippen LogP contribution in [-0.2, 0) is 0 Å². The van der Waals surface area contributed by atoms with Gasteiger partial charge in [0.05, 0.1) is 6.10 Å². The molecular weight excluding hydrogens is 292 g/mol. The zero-order chi connectivity index (χ0) is 12.5. The van der Waals surface area contributed by atoms with Crippen LogP contribution >= 0.6 is 15.9 Å². The number of fused-ring (bicyclic) bond motifs is 1. The Balaban J connectivity index is 1.92. The predicted octanol–water partition coefficient (Wildman–Crippen LogP) is 4.01. The summed E-state index contributed by atoms with van der Waals surface area (Å²) in [5.74, 6) is 0.782. The van der Waals surface area contributed by atoms with Crippen LogP contribution < -0.4 is 4.74 Å². The van der Waals surface area contributed by atoms with Crippen molar-refractivity contribution in [3.8, 4) is 5.75 Å². The normalized spacial score (nSPS) is 22.1. The van der Waals surface area contributed by atoms with Gasteiger partial charge in [-0.3, -0.25) is 0 Å². The molecule has 2 aromatic carbocycles. The van der Waals surface area contributed by atoms with Gasteiger partial charge >= 0.3 is 0 Å². The second-order valence-corrected chi connectivity index (χ2v) is 5.36. The molecule has 2 aromatic rings. The van der Waals surface area contributed by atoms with Crippen LogP contribution in [-0.4, -0.2) is 5.11 Å². The number of hydrogen-bond donors (Lipinski definition) is 1. The number of rotatable bonds is 1. The van der Waals surface area contributed by atoms with Crippen LogP contribution in [0.1, 0.15) is 29.8 Å². The molecule has 0 aliphatic carbocycles. The smallest absolute Gasteiger partial charge is 0.127 e. The zero-order valence-electron chi connectivity index (χ0n) is 9.71. The summed E-state index contributed by atoms with van der Waals surface area (Å²) in [6, 6.07) is 15.7. The monoisotopic (exact) mass is 304 g/mol. The van der Waals surface area contributed by atoms with Gasteiger partial charge in [0.2, 0.25) is 0 Å². The molecule has 1 aliphatic heterocycles. The average Bonchev–Trinajstić information content (AvgIpc) is 2.39.